The molecule has 0 fully saturated rings. The van der Waals surface area contributed by atoms with E-state index in [1.165, 1.54) is 0 Å². The molecule has 94 valence electrons. The van der Waals surface area contributed by atoms with Gasteiger partial charge in [0.05, 0.1) is 52.9 Å². The van der Waals surface area contributed by atoms with Gasteiger partial charge in [0.25, 0.3) is 0 Å². The molecular weight excluding hydrogens is 337 g/mol. The minimum Gasteiger partial charge on any atom is -0.382 e. The second-order valence-electron chi connectivity index (χ2n) is 2.82. The molecule has 0 atom stereocenters. The van der Waals surface area contributed by atoms with Crippen LogP contribution >= 0.6 is 0 Å². The van der Waals surface area contributed by atoms with Crippen LogP contribution in [0.4, 0.5) is 0 Å². The predicted octanol–water partition coefficient (Wildman–Crippen LogP) is -0.0518. The van der Waals surface area contributed by atoms with Crippen LogP contribution in [0.25, 0.3) is 0 Å². The zero-order valence-corrected chi connectivity index (χ0v) is 14.8. The molecule has 0 aromatic heterocycles. The van der Waals surface area contributed by atoms with Gasteiger partial charge < -0.3 is 23.7 Å². The van der Waals surface area contributed by atoms with Crippen LogP contribution in [0.15, 0.2) is 0 Å². The molecule has 16 heavy (non-hydrogen) atoms. The Bertz CT molecular complexity index is 103. The molecule has 0 aliphatic rings. The molecular formula is C10H22BaO5. The third-order valence-electron chi connectivity index (χ3n) is 1.61. The Morgan fingerprint density at radius 2 is 0.750 bits per heavy atom. The summed E-state index contributed by atoms with van der Waals surface area (Å²) in [6.45, 7) is 4.87. The van der Waals surface area contributed by atoms with Gasteiger partial charge >= 0.3 is 0 Å². The summed E-state index contributed by atoms with van der Waals surface area (Å²) in [6.07, 6.45) is 0. The van der Waals surface area contributed by atoms with Crippen molar-refractivity contribution >= 4 is 48.9 Å². The van der Waals surface area contributed by atoms with E-state index in [0.717, 1.165) is 0 Å². The molecule has 0 spiro atoms. The largest absolute Gasteiger partial charge is 0.382 e. The third kappa shape index (κ3) is 17.8. The maximum absolute atomic E-state index is 5.26. The Labute approximate surface area is 138 Å². The van der Waals surface area contributed by atoms with Crippen molar-refractivity contribution in [3.05, 3.63) is 0 Å². The fourth-order valence-corrected chi connectivity index (χ4v) is 0.826. The van der Waals surface area contributed by atoms with E-state index in [-0.39, 0.29) is 48.9 Å². The first kappa shape index (κ1) is 19.7. The Morgan fingerprint density at radius 1 is 0.500 bits per heavy atom. The molecule has 0 saturated carbocycles. The minimum atomic E-state index is 0. The molecule has 0 bridgehead atoms. The summed E-state index contributed by atoms with van der Waals surface area (Å²) in [5, 5.41) is 0. The molecule has 0 aromatic rings. The number of hydrogen-bond acceptors (Lipinski definition) is 5. The van der Waals surface area contributed by atoms with Gasteiger partial charge in [-0.3, -0.25) is 0 Å². The van der Waals surface area contributed by atoms with Gasteiger partial charge in [-0.05, 0) is 0 Å². The zero-order chi connectivity index (χ0) is 11.2. The van der Waals surface area contributed by atoms with Crippen molar-refractivity contribution in [1.82, 2.24) is 0 Å². The molecule has 2 radical (unpaired) electrons. The topological polar surface area (TPSA) is 46.2 Å². The first-order valence-electron chi connectivity index (χ1n) is 5.13. The molecule has 0 N–H and O–H groups in total. The maximum Gasteiger partial charge on any atom is 0.0701 e. The summed E-state index contributed by atoms with van der Waals surface area (Å²) in [7, 11) is 3.30. The van der Waals surface area contributed by atoms with Crippen LogP contribution in [0, 0.1) is 0 Å². The van der Waals surface area contributed by atoms with Gasteiger partial charge in [0.1, 0.15) is 0 Å². The van der Waals surface area contributed by atoms with Gasteiger partial charge in [-0.2, -0.15) is 0 Å². The molecule has 0 heterocycles. The predicted molar refractivity (Wildman–Crippen MR) is 62.0 cm³/mol. The van der Waals surface area contributed by atoms with Crippen molar-refractivity contribution in [2.24, 2.45) is 0 Å². The van der Waals surface area contributed by atoms with Crippen LogP contribution < -0.4 is 0 Å². The monoisotopic (exact) mass is 360 g/mol. The summed E-state index contributed by atoms with van der Waals surface area (Å²) >= 11 is 0. The smallest absolute Gasteiger partial charge is 0.0701 e. The average molecular weight is 360 g/mol. The number of methoxy groups -OCH3 is 2. The summed E-state index contributed by atoms with van der Waals surface area (Å²) < 4.78 is 25.3. The van der Waals surface area contributed by atoms with E-state index in [4.69, 9.17) is 23.7 Å². The van der Waals surface area contributed by atoms with E-state index in [9.17, 15) is 0 Å². The summed E-state index contributed by atoms with van der Waals surface area (Å²) in [5.74, 6) is 0. The second kappa shape index (κ2) is 18.7. The Balaban J connectivity index is 0. The van der Waals surface area contributed by atoms with Crippen LogP contribution in [0.3, 0.4) is 0 Å². The summed E-state index contributed by atoms with van der Waals surface area (Å²) in [4.78, 5) is 0. The maximum atomic E-state index is 5.26. The molecule has 0 amide bonds. The van der Waals surface area contributed by atoms with Gasteiger partial charge in [0.2, 0.25) is 0 Å². The molecule has 0 saturated heterocycles. The minimum absolute atomic E-state index is 0. The molecule has 0 rings (SSSR count). The quantitative estimate of drug-likeness (QED) is 0.361. The van der Waals surface area contributed by atoms with Crippen LogP contribution in [-0.4, -0.2) is 116 Å². The van der Waals surface area contributed by atoms with Gasteiger partial charge in [0, 0.05) is 63.1 Å². The number of ether oxygens (including phenoxy) is 5. The van der Waals surface area contributed by atoms with Crippen molar-refractivity contribution in [2.45, 2.75) is 0 Å². The van der Waals surface area contributed by atoms with E-state index < -0.39 is 0 Å². The molecule has 0 aliphatic carbocycles. The normalized spacial score (nSPS) is 10.1. The van der Waals surface area contributed by atoms with Crippen LogP contribution in [0.2, 0.25) is 0 Å². The van der Waals surface area contributed by atoms with E-state index in [2.05, 4.69) is 0 Å². The van der Waals surface area contributed by atoms with Crippen LogP contribution in [0.1, 0.15) is 0 Å². The average Bonchev–Trinajstić information content (AvgIpc) is 2.26. The Hall–Kier alpha value is 1.37. The molecule has 0 aliphatic heterocycles. The van der Waals surface area contributed by atoms with Crippen molar-refractivity contribution in [3.8, 4) is 0 Å². The van der Waals surface area contributed by atoms with Crippen LogP contribution in [-0.2, 0) is 23.7 Å². The van der Waals surface area contributed by atoms with Crippen molar-refractivity contribution < 1.29 is 23.7 Å². The SMILES string of the molecule is COCCOCCOCCOCCOC.[Ba]. The standard InChI is InChI=1S/C10H22O5.Ba/c1-11-3-5-13-7-9-15-10-8-14-6-4-12-2;/h3-10H2,1-2H3;. The van der Waals surface area contributed by atoms with Gasteiger partial charge in [-0.25, -0.2) is 0 Å². The van der Waals surface area contributed by atoms with Gasteiger partial charge in [-0.15, -0.1) is 0 Å². The summed E-state index contributed by atoms with van der Waals surface area (Å²) in [5.41, 5.74) is 0. The molecule has 0 unspecified atom stereocenters. The first-order chi connectivity index (χ1) is 7.41. The van der Waals surface area contributed by atoms with Gasteiger partial charge in [0.15, 0.2) is 0 Å². The van der Waals surface area contributed by atoms with Crippen LogP contribution in [0.5, 0.6) is 0 Å². The zero-order valence-electron chi connectivity index (χ0n) is 10.4. The van der Waals surface area contributed by atoms with Gasteiger partial charge in [-0.1, -0.05) is 0 Å². The fraction of sp³-hybridized carbons (Fsp3) is 1.00. The second-order valence-corrected chi connectivity index (χ2v) is 2.82. The van der Waals surface area contributed by atoms with Crippen molar-refractivity contribution in [2.75, 3.05) is 67.1 Å². The number of hydrogen-bond donors (Lipinski definition) is 0. The van der Waals surface area contributed by atoms with E-state index in [0.29, 0.717) is 52.9 Å². The third-order valence-corrected chi connectivity index (χ3v) is 1.61. The first-order valence-corrected chi connectivity index (χ1v) is 5.13. The van der Waals surface area contributed by atoms with Crippen molar-refractivity contribution in [3.63, 3.8) is 0 Å². The Morgan fingerprint density at radius 3 is 1.00 bits per heavy atom. The fourth-order valence-electron chi connectivity index (χ4n) is 0.826. The molecule has 0 aromatic carbocycles. The molecule has 6 heteroatoms. The Kier molecular flexibility index (Phi) is 23.1. The molecule has 5 nitrogen and oxygen atoms in total. The van der Waals surface area contributed by atoms with E-state index >= 15 is 0 Å². The van der Waals surface area contributed by atoms with E-state index in [1.54, 1.807) is 14.2 Å². The number of rotatable bonds is 12. The van der Waals surface area contributed by atoms with E-state index in [1.807, 2.05) is 0 Å². The summed E-state index contributed by atoms with van der Waals surface area (Å²) in [6, 6.07) is 0. The van der Waals surface area contributed by atoms with Crippen molar-refractivity contribution in [1.29, 1.82) is 0 Å².